The fourth-order valence-corrected chi connectivity index (χ4v) is 9.08. The largest absolute Gasteiger partial charge is 0.308 e. The zero-order valence-corrected chi connectivity index (χ0v) is 27.5. The van der Waals surface area contributed by atoms with Crippen molar-refractivity contribution < 1.29 is 0 Å². The van der Waals surface area contributed by atoms with Crippen molar-refractivity contribution >= 4 is 65.8 Å². The molecule has 234 valence electrons. The molecule has 0 N–H and O–H groups in total. The van der Waals surface area contributed by atoms with Crippen molar-refractivity contribution in [2.24, 2.45) is 4.99 Å². The average molecular weight is 637 g/mol. The molecule has 0 spiro atoms. The summed E-state index contributed by atoms with van der Waals surface area (Å²) in [6.07, 6.45) is 8.80. The third-order valence-corrected chi connectivity index (χ3v) is 11.2. The van der Waals surface area contributed by atoms with Gasteiger partial charge in [-0.15, -0.1) is 0 Å². The molecule has 0 saturated carbocycles. The Balaban J connectivity index is 1.29. The van der Waals surface area contributed by atoms with Gasteiger partial charge >= 0.3 is 0 Å². The fourth-order valence-electron chi connectivity index (χ4n) is 9.08. The minimum absolute atomic E-state index is 0.146. The number of aryl methyl sites for hydroxylation is 1. The lowest BCUT2D eigenvalue weighted by Crippen LogP contribution is -2.06. The number of rotatable bonds is 2. The fraction of sp³-hybridized carbons (Fsp3) is 0.0625. The minimum atomic E-state index is 0.146. The number of hydrogen-bond donors (Lipinski definition) is 0. The van der Waals surface area contributed by atoms with Crippen LogP contribution in [0.3, 0.4) is 0 Å². The molecule has 1 aliphatic carbocycles. The molecule has 1 atom stereocenters. The molecule has 0 saturated heterocycles. The summed E-state index contributed by atoms with van der Waals surface area (Å²) in [5.74, 6) is 0.146. The van der Waals surface area contributed by atoms with Crippen LogP contribution in [0.15, 0.2) is 169 Å². The second-order valence-electron chi connectivity index (χ2n) is 13.8. The molecule has 2 nitrogen and oxygen atoms in total. The maximum absolute atomic E-state index is 5.33. The lowest BCUT2D eigenvalue weighted by Gasteiger charge is -2.25. The Kier molecular flexibility index (Phi) is 5.88. The summed E-state index contributed by atoms with van der Waals surface area (Å²) >= 11 is 0. The first kappa shape index (κ1) is 27.7. The van der Waals surface area contributed by atoms with Crippen LogP contribution >= 0.6 is 0 Å². The van der Waals surface area contributed by atoms with E-state index in [1.54, 1.807) is 0 Å². The quantitative estimate of drug-likeness (QED) is 0.180. The maximum atomic E-state index is 5.33. The van der Waals surface area contributed by atoms with Crippen molar-refractivity contribution in [1.82, 2.24) is 4.40 Å². The van der Waals surface area contributed by atoms with Crippen molar-refractivity contribution in [1.29, 1.82) is 0 Å². The molecule has 2 aliphatic rings. The van der Waals surface area contributed by atoms with Crippen molar-refractivity contribution in [3.63, 3.8) is 0 Å². The van der Waals surface area contributed by atoms with Crippen molar-refractivity contribution in [2.75, 3.05) is 0 Å². The summed E-state index contributed by atoms with van der Waals surface area (Å²) in [6, 6.07) is 53.4. The SMILES string of the molecule is C1=CC(c2ccccc2)=Nc2ccccc2C(C2CCc3ccccc3-c3cc4c5ccccc5n5c6ccc7ccccc7c6c(c32)c45)=C1. The van der Waals surface area contributed by atoms with Gasteiger partial charge in [0.1, 0.15) is 0 Å². The molecular formula is C48H32N2. The van der Waals surface area contributed by atoms with E-state index in [-0.39, 0.29) is 5.92 Å². The molecule has 9 aromatic rings. The van der Waals surface area contributed by atoms with Crippen LogP contribution in [0.2, 0.25) is 0 Å². The summed E-state index contributed by atoms with van der Waals surface area (Å²) in [4.78, 5) is 5.33. The Morgan fingerprint density at radius 3 is 2.26 bits per heavy atom. The van der Waals surface area contributed by atoms with Crippen LogP contribution in [-0.4, -0.2) is 10.1 Å². The summed E-state index contributed by atoms with van der Waals surface area (Å²) in [5.41, 5.74) is 15.1. The number of aliphatic imine (C=N–C) groups is 1. The number of benzene rings is 7. The molecule has 1 aliphatic heterocycles. The predicted molar refractivity (Wildman–Crippen MR) is 211 cm³/mol. The van der Waals surface area contributed by atoms with Gasteiger partial charge in [-0.2, -0.15) is 0 Å². The van der Waals surface area contributed by atoms with Crippen molar-refractivity contribution in [2.45, 2.75) is 18.8 Å². The molecule has 0 fully saturated rings. The molecule has 0 amide bonds. The zero-order chi connectivity index (χ0) is 32.8. The molecule has 1 unspecified atom stereocenters. The van der Waals surface area contributed by atoms with E-state index < -0.39 is 0 Å². The highest BCUT2D eigenvalue weighted by Gasteiger charge is 2.33. The first-order valence-electron chi connectivity index (χ1n) is 17.7. The summed E-state index contributed by atoms with van der Waals surface area (Å²) in [6.45, 7) is 0. The second-order valence-corrected chi connectivity index (χ2v) is 13.8. The third-order valence-electron chi connectivity index (χ3n) is 11.2. The Hall–Kier alpha value is -6.25. The number of nitrogens with zero attached hydrogens (tertiary/aromatic N) is 2. The van der Waals surface area contributed by atoms with E-state index >= 15 is 0 Å². The molecule has 3 heterocycles. The van der Waals surface area contributed by atoms with Gasteiger partial charge in [0, 0.05) is 38.6 Å². The second kappa shape index (κ2) is 10.6. The van der Waals surface area contributed by atoms with E-state index in [1.165, 1.54) is 82.3 Å². The normalized spacial score (nSPS) is 15.8. The molecule has 0 radical (unpaired) electrons. The van der Waals surface area contributed by atoms with E-state index in [2.05, 4.69) is 168 Å². The van der Waals surface area contributed by atoms with Gasteiger partial charge in [-0.25, -0.2) is 4.99 Å². The van der Waals surface area contributed by atoms with Crippen LogP contribution < -0.4 is 0 Å². The number of allylic oxidation sites excluding steroid dienone is 4. The van der Waals surface area contributed by atoms with Gasteiger partial charge in [0.2, 0.25) is 0 Å². The summed E-state index contributed by atoms with van der Waals surface area (Å²) in [5, 5.41) is 7.97. The monoisotopic (exact) mass is 636 g/mol. The standard InChI is InChI=1S/C48H32N2/c1-2-15-32(16-3-1)41-23-12-21-35(36-19-8-10-22-42(36)49-41)38-27-25-30-13-4-6-17-33(30)39-29-40-37-20-9-11-24-43(37)50-44-28-26-31-14-5-7-18-34(31)46(44)47(45(38)39)48(40)50/h1-24,26,28-29,38H,25,27H2. The van der Waals surface area contributed by atoms with Gasteiger partial charge in [-0.05, 0) is 81.8 Å². The van der Waals surface area contributed by atoms with Gasteiger partial charge in [0.15, 0.2) is 0 Å². The van der Waals surface area contributed by atoms with Crippen LogP contribution in [-0.2, 0) is 6.42 Å². The lowest BCUT2D eigenvalue weighted by molar-refractivity contribution is 0.766. The Labute approximate surface area is 290 Å². The van der Waals surface area contributed by atoms with Gasteiger partial charge in [-0.1, -0.05) is 133 Å². The van der Waals surface area contributed by atoms with E-state index in [0.717, 1.165) is 29.8 Å². The van der Waals surface area contributed by atoms with Crippen LogP contribution in [0.4, 0.5) is 5.69 Å². The van der Waals surface area contributed by atoms with E-state index in [9.17, 15) is 0 Å². The third kappa shape index (κ3) is 3.88. The first-order chi connectivity index (χ1) is 24.8. The molecule has 2 aromatic heterocycles. The van der Waals surface area contributed by atoms with Crippen LogP contribution in [0, 0.1) is 0 Å². The van der Waals surface area contributed by atoms with Gasteiger partial charge in [0.25, 0.3) is 0 Å². The highest BCUT2D eigenvalue weighted by atomic mass is 14.9. The number of aromatic nitrogens is 1. The Morgan fingerprint density at radius 2 is 1.34 bits per heavy atom. The predicted octanol–water partition coefficient (Wildman–Crippen LogP) is 12.5. The molecule has 0 bridgehead atoms. The van der Waals surface area contributed by atoms with E-state index in [4.69, 9.17) is 4.99 Å². The molecule has 7 aromatic carbocycles. The zero-order valence-electron chi connectivity index (χ0n) is 27.5. The van der Waals surface area contributed by atoms with E-state index in [0.29, 0.717) is 0 Å². The number of fused-ring (bicyclic) bond motifs is 13. The molecular weight excluding hydrogens is 605 g/mol. The molecule has 11 rings (SSSR count). The minimum Gasteiger partial charge on any atom is -0.308 e. The highest BCUT2D eigenvalue weighted by Crippen LogP contribution is 2.54. The maximum Gasteiger partial charge on any atom is 0.0712 e. The van der Waals surface area contributed by atoms with Crippen molar-refractivity contribution in [3.05, 3.63) is 186 Å². The first-order valence-corrected chi connectivity index (χ1v) is 17.7. The summed E-state index contributed by atoms with van der Waals surface area (Å²) in [7, 11) is 0. The average Bonchev–Trinajstić information content (AvgIpc) is 3.63. The topological polar surface area (TPSA) is 16.8 Å². The van der Waals surface area contributed by atoms with Crippen LogP contribution in [0.5, 0.6) is 0 Å². The molecule has 50 heavy (non-hydrogen) atoms. The summed E-state index contributed by atoms with van der Waals surface area (Å²) < 4.78 is 2.55. The van der Waals surface area contributed by atoms with Gasteiger partial charge < -0.3 is 4.40 Å². The smallest absolute Gasteiger partial charge is 0.0712 e. The number of para-hydroxylation sites is 2. The van der Waals surface area contributed by atoms with Gasteiger partial charge in [-0.3, -0.25) is 0 Å². The van der Waals surface area contributed by atoms with Gasteiger partial charge in [0.05, 0.1) is 27.9 Å². The van der Waals surface area contributed by atoms with Crippen LogP contribution in [0.1, 0.15) is 34.6 Å². The Bertz CT molecular complexity index is 2920. The Morgan fingerprint density at radius 1 is 0.580 bits per heavy atom. The van der Waals surface area contributed by atoms with Crippen LogP contribution in [0.25, 0.3) is 65.6 Å². The number of hydrogen-bond acceptors (Lipinski definition) is 1. The molecule has 2 heteroatoms. The van der Waals surface area contributed by atoms with E-state index in [1.807, 2.05) is 0 Å². The van der Waals surface area contributed by atoms with Crippen molar-refractivity contribution in [3.8, 4) is 11.1 Å². The highest BCUT2D eigenvalue weighted by molar-refractivity contribution is 6.31. The lowest BCUT2D eigenvalue weighted by atomic mass is 9.78.